The first-order valence-electron chi connectivity index (χ1n) is 11.3. The summed E-state index contributed by atoms with van der Waals surface area (Å²) in [5, 5.41) is 3.45. The fourth-order valence-corrected chi connectivity index (χ4v) is 3.95. The van der Waals surface area contributed by atoms with Crippen molar-refractivity contribution in [1.29, 1.82) is 0 Å². The van der Waals surface area contributed by atoms with Gasteiger partial charge in [0.05, 0.1) is 11.1 Å². The Morgan fingerprint density at radius 3 is 2.60 bits per heavy atom. The monoisotopic (exact) mass is 478 g/mol. The van der Waals surface area contributed by atoms with Crippen molar-refractivity contribution in [3.05, 3.63) is 83.0 Å². The smallest absolute Gasteiger partial charge is 0.368 e. The molecule has 1 aromatic heterocycles. The predicted molar refractivity (Wildman–Crippen MR) is 132 cm³/mol. The van der Waals surface area contributed by atoms with Crippen molar-refractivity contribution in [3.8, 4) is 11.1 Å². The highest BCUT2D eigenvalue weighted by atomic mass is 19.4. The number of rotatable bonds is 6. The lowest BCUT2D eigenvalue weighted by Crippen LogP contribution is -2.14. The van der Waals surface area contributed by atoms with Gasteiger partial charge in [0.1, 0.15) is 0 Å². The van der Waals surface area contributed by atoms with Gasteiger partial charge in [-0.15, -0.1) is 0 Å². The van der Waals surface area contributed by atoms with Crippen molar-refractivity contribution in [1.82, 2.24) is 9.97 Å². The minimum atomic E-state index is -4.50. The number of carbonyl (C=O) groups is 1. The fraction of sp³-hybridized carbons (Fsp3) is 0.222. The molecule has 0 spiro atoms. The van der Waals surface area contributed by atoms with E-state index in [1.165, 1.54) is 0 Å². The first-order chi connectivity index (χ1) is 16.6. The number of fused-ring (bicyclic) bond motifs is 1. The van der Waals surface area contributed by atoms with Gasteiger partial charge in [-0.25, -0.2) is 9.97 Å². The Kier molecular flexibility index (Phi) is 6.73. The third-order valence-electron chi connectivity index (χ3n) is 5.81. The molecule has 35 heavy (non-hydrogen) atoms. The maximum atomic E-state index is 13.4. The third-order valence-corrected chi connectivity index (χ3v) is 5.81. The Morgan fingerprint density at radius 1 is 1.06 bits per heavy atom. The number of halogens is 3. The molecule has 8 heteroatoms. The molecule has 4 aromatic rings. The van der Waals surface area contributed by atoms with Gasteiger partial charge in [-0.2, -0.15) is 13.2 Å². The minimum absolute atomic E-state index is 0.124. The largest absolute Gasteiger partial charge is 0.416 e. The van der Waals surface area contributed by atoms with Crippen LogP contribution in [0.15, 0.2) is 60.8 Å². The van der Waals surface area contributed by atoms with Crippen LogP contribution in [0, 0.1) is 6.92 Å². The van der Waals surface area contributed by atoms with Gasteiger partial charge >= 0.3 is 6.18 Å². The number of hydrogen-bond donors (Lipinski definition) is 2. The van der Waals surface area contributed by atoms with E-state index in [0.29, 0.717) is 23.1 Å². The number of nitrogens with one attached hydrogen (secondary N) is 1. The van der Waals surface area contributed by atoms with Crippen LogP contribution in [0.5, 0.6) is 0 Å². The molecule has 3 N–H and O–H groups in total. The molecule has 0 saturated heterocycles. The van der Waals surface area contributed by atoms with Gasteiger partial charge in [-0.3, -0.25) is 4.79 Å². The van der Waals surface area contributed by atoms with Crippen molar-refractivity contribution in [2.75, 3.05) is 11.1 Å². The number of carbonyl (C=O) groups excluding carboxylic acids is 1. The van der Waals surface area contributed by atoms with E-state index in [1.54, 1.807) is 24.4 Å². The lowest BCUT2D eigenvalue weighted by Gasteiger charge is -2.14. The summed E-state index contributed by atoms with van der Waals surface area (Å²) in [5.74, 6) is -0.295. The Labute approximate surface area is 201 Å². The van der Waals surface area contributed by atoms with E-state index in [0.717, 1.165) is 47.1 Å². The Bertz CT molecular complexity index is 1400. The first-order valence-corrected chi connectivity index (χ1v) is 11.3. The molecule has 5 nitrogen and oxygen atoms in total. The van der Waals surface area contributed by atoms with Crippen molar-refractivity contribution in [2.45, 2.75) is 39.3 Å². The summed E-state index contributed by atoms with van der Waals surface area (Å²) in [6.45, 7) is 3.90. The standard InChI is InChI=1S/C27H25F3N4O/c1-3-4-5-17-10-21(27(28,29)30)14-22(11-17)33-25(35)19-7-6-16(2)23(13-19)18-8-9-24-20(12-18)15-32-26(31)34-24/h6-15H,3-5H2,1-2H3,(H,33,35)(H2,31,32,34). The van der Waals surface area contributed by atoms with Gasteiger partial charge in [0.15, 0.2) is 0 Å². The Hall–Kier alpha value is -3.94. The summed E-state index contributed by atoms with van der Waals surface area (Å²) in [5.41, 5.74) is 9.21. The van der Waals surface area contributed by atoms with Crippen LogP contribution in [0.4, 0.5) is 24.8 Å². The molecule has 0 bridgehead atoms. The van der Waals surface area contributed by atoms with Gasteiger partial charge in [0, 0.05) is 22.8 Å². The Morgan fingerprint density at radius 2 is 1.86 bits per heavy atom. The number of anilines is 2. The number of nitrogen functional groups attached to an aromatic ring is 1. The number of amides is 1. The fourth-order valence-electron chi connectivity index (χ4n) is 3.95. The normalized spacial score (nSPS) is 11.6. The number of nitrogens with zero attached hydrogens (tertiary/aromatic N) is 2. The maximum absolute atomic E-state index is 13.4. The van der Waals surface area contributed by atoms with E-state index in [1.807, 2.05) is 38.1 Å². The number of alkyl halides is 3. The van der Waals surface area contributed by atoms with E-state index >= 15 is 0 Å². The molecule has 4 rings (SSSR count). The molecule has 0 fully saturated rings. The van der Waals surface area contributed by atoms with Gasteiger partial charge in [0.2, 0.25) is 5.95 Å². The summed E-state index contributed by atoms with van der Waals surface area (Å²) in [7, 11) is 0. The molecule has 3 aromatic carbocycles. The van der Waals surface area contributed by atoms with Crippen LogP contribution < -0.4 is 11.1 Å². The van der Waals surface area contributed by atoms with E-state index in [4.69, 9.17) is 5.73 Å². The van der Waals surface area contributed by atoms with Gasteiger partial charge in [-0.05, 0) is 84.5 Å². The molecular formula is C27H25F3N4O. The number of unbranched alkanes of at least 4 members (excludes halogenated alkanes) is 1. The molecule has 0 saturated carbocycles. The lowest BCUT2D eigenvalue weighted by molar-refractivity contribution is -0.137. The highest BCUT2D eigenvalue weighted by Crippen LogP contribution is 2.33. The summed E-state index contributed by atoms with van der Waals surface area (Å²) in [6, 6.07) is 14.5. The van der Waals surface area contributed by atoms with Gasteiger partial charge in [-0.1, -0.05) is 25.5 Å². The highest BCUT2D eigenvalue weighted by molar-refractivity contribution is 6.05. The molecule has 0 aliphatic rings. The van der Waals surface area contributed by atoms with Gasteiger partial charge < -0.3 is 11.1 Å². The van der Waals surface area contributed by atoms with Crippen molar-refractivity contribution < 1.29 is 18.0 Å². The summed E-state index contributed by atoms with van der Waals surface area (Å²) < 4.78 is 40.3. The number of nitrogens with two attached hydrogens (primary N) is 1. The molecule has 180 valence electrons. The SMILES string of the molecule is CCCCc1cc(NC(=O)c2ccc(C)c(-c3ccc4nc(N)ncc4c3)c2)cc(C(F)(F)F)c1. The Balaban J connectivity index is 1.65. The molecule has 1 amide bonds. The van der Waals surface area contributed by atoms with Crippen molar-refractivity contribution in [2.24, 2.45) is 0 Å². The molecule has 0 unspecified atom stereocenters. The molecule has 0 aliphatic heterocycles. The first kappa shape index (κ1) is 24.2. The molecule has 1 heterocycles. The summed E-state index contributed by atoms with van der Waals surface area (Å²) in [6.07, 6.45) is -0.729. The second-order valence-corrected chi connectivity index (χ2v) is 8.51. The van der Waals surface area contributed by atoms with E-state index in [9.17, 15) is 18.0 Å². The summed E-state index contributed by atoms with van der Waals surface area (Å²) in [4.78, 5) is 21.2. The molecular weight excluding hydrogens is 453 g/mol. The van der Waals surface area contributed by atoms with Crippen LogP contribution in [0.3, 0.4) is 0 Å². The van der Waals surface area contributed by atoms with E-state index < -0.39 is 17.6 Å². The van der Waals surface area contributed by atoms with Crippen LogP contribution in [-0.2, 0) is 12.6 Å². The number of benzene rings is 3. The quantitative estimate of drug-likeness (QED) is 0.319. The lowest BCUT2D eigenvalue weighted by atomic mass is 9.96. The second-order valence-electron chi connectivity index (χ2n) is 8.51. The van der Waals surface area contributed by atoms with Crippen molar-refractivity contribution in [3.63, 3.8) is 0 Å². The average Bonchev–Trinajstić information content (AvgIpc) is 2.82. The van der Waals surface area contributed by atoms with E-state index in [2.05, 4.69) is 15.3 Å². The zero-order valence-corrected chi connectivity index (χ0v) is 19.4. The average molecular weight is 479 g/mol. The summed E-state index contributed by atoms with van der Waals surface area (Å²) >= 11 is 0. The zero-order chi connectivity index (χ0) is 25.2. The van der Waals surface area contributed by atoms with Crippen molar-refractivity contribution >= 4 is 28.4 Å². The topological polar surface area (TPSA) is 80.9 Å². The van der Waals surface area contributed by atoms with Crippen LogP contribution in [0.1, 0.15) is 46.8 Å². The van der Waals surface area contributed by atoms with Gasteiger partial charge in [0.25, 0.3) is 5.91 Å². The number of hydrogen-bond acceptors (Lipinski definition) is 4. The highest BCUT2D eigenvalue weighted by Gasteiger charge is 2.31. The zero-order valence-electron chi connectivity index (χ0n) is 19.4. The second kappa shape index (κ2) is 9.74. The van der Waals surface area contributed by atoms with Crippen LogP contribution in [-0.4, -0.2) is 15.9 Å². The third kappa shape index (κ3) is 5.59. The maximum Gasteiger partial charge on any atom is 0.416 e. The van der Waals surface area contributed by atoms with Crippen LogP contribution in [0.2, 0.25) is 0 Å². The minimum Gasteiger partial charge on any atom is -0.368 e. The number of aromatic nitrogens is 2. The van der Waals surface area contributed by atoms with E-state index in [-0.39, 0.29) is 11.6 Å². The molecule has 0 radical (unpaired) electrons. The van der Waals surface area contributed by atoms with Crippen LogP contribution >= 0.6 is 0 Å². The molecule has 0 aliphatic carbocycles. The number of aryl methyl sites for hydroxylation is 2. The predicted octanol–water partition coefficient (Wildman–Crippen LogP) is 6.80. The molecule has 0 atom stereocenters. The van der Waals surface area contributed by atoms with Crippen LogP contribution in [0.25, 0.3) is 22.0 Å².